The molecule has 5 rings (SSSR count). The van der Waals surface area contributed by atoms with Gasteiger partial charge in [0.25, 0.3) is 5.91 Å². The monoisotopic (exact) mass is 641 g/mol. The van der Waals surface area contributed by atoms with Crippen LogP contribution in [0.5, 0.6) is 0 Å². The standard InChI is InChI=1S/C29H22ClF6N3O3S/c30-21-8-3-18(4-9-21)27(17-1-6-20(7-2-17)28(31,32)33)19-5-10-24-23(15-19)25(16-26(40)38-24)37-22-11-13-39(14-12-22)43(41,42)29(34,35)36/h1-10,15-16,22,37H,11-14H2/b27-19-. The van der Waals surface area contributed by atoms with Gasteiger partial charge >= 0.3 is 21.7 Å². The molecule has 1 saturated heterocycles. The summed E-state index contributed by atoms with van der Waals surface area (Å²) in [5.41, 5.74) is -3.65. The maximum absolute atomic E-state index is 13.2. The van der Waals surface area contributed by atoms with E-state index in [1.54, 1.807) is 42.5 Å². The molecule has 1 amide bonds. The van der Waals surface area contributed by atoms with Crippen LogP contribution >= 0.6 is 11.6 Å². The van der Waals surface area contributed by atoms with Gasteiger partial charge in [0.05, 0.1) is 10.9 Å². The Bertz CT molecular complexity index is 1810. The molecule has 3 aromatic rings. The number of amides is 1. The Morgan fingerprint density at radius 1 is 0.884 bits per heavy atom. The van der Waals surface area contributed by atoms with Gasteiger partial charge in [-0.3, -0.25) is 4.79 Å². The first-order valence-corrected chi connectivity index (χ1v) is 14.7. The second-order valence-electron chi connectivity index (χ2n) is 9.97. The number of hydrogen-bond donors (Lipinski definition) is 1. The Labute approximate surface area is 247 Å². The van der Waals surface area contributed by atoms with E-state index in [4.69, 9.17) is 11.6 Å². The first-order valence-electron chi connectivity index (χ1n) is 12.9. The highest BCUT2D eigenvalue weighted by Crippen LogP contribution is 2.32. The fourth-order valence-corrected chi connectivity index (χ4v) is 6.14. The van der Waals surface area contributed by atoms with E-state index in [0.29, 0.717) is 47.9 Å². The van der Waals surface area contributed by atoms with Crippen LogP contribution in [0.25, 0.3) is 11.3 Å². The summed E-state index contributed by atoms with van der Waals surface area (Å²) in [6.07, 6.45) is -3.16. The second kappa shape index (κ2) is 11.4. The van der Waals surface area contributed by atoms with Gasteiger partial charge in [-0.15, -0.1) is 0 Å². The van der Waals surface area contributed by atoms with Crippen LogP contribution in [0.15, 0.2) is 77.8 Å². The number of carbonyl (C=O) groups is 1. The van der Waals surface area contributed by atoms with Gasteiger partial charge in [-0.1, -0.05) is 41.9 Å². The summed E-state index contributed by atoms with van der Waals surface area (Å²) >= 11 is 6.07. The second-order valence-corrected chi connectivity index (χ2v) is 12.3. The number of rotatable bonds is 5. The largest absolute Gasteiger partial charge is 0.511 e. The quantitative estimate of drug-likeness (QED) is 0.398. The van der Waals surface area contributed by atoms with Gasteiger partial charge in [-0.05, 0) is 71.2 Å². The van der Waals surface area contributed by atoms with E-state index in [0.717, 1.165) is 12.1 Å². The van der Waals surface area contributed by atoms with Crippen molar-refractivity contribution in [3.8, 4) is 0 Å². The molecule has 3 aromatic carbocycles. The number of halogens is 7. The van der Waals surface area contributed by atoms with Gasteiger partial charge in [0, 0.05) is 41.5 Å². The molecule has 0 unspecified atom stereocenters. The number of piperidine rings is 1. The lowest BCUT2D eigenvalue weighted by Gasteiger charge is -2.33. The van der Waals surface area contributed by atoms with Crippen LogP contribution in [0.4, 0.5) is 26.3 Å². The molecule has 226 valence electrons. The molecule has 1 N–H and O–H groups in total. The Morgan fingerprint density at radius 3 is 2.02 bits per heavy atom. The minimum atomic E-state index is -5.45. The van der Waals surface area contributed by atoms with E-state index in [1.807, 2.05) is 0 Å². The van der Waals surface area contributed by atoms with Crippen molar-refractivity contribution in [1.29, 1.82) is 0 Å². The van der Waals surface area contributed by atoms with Gasteiger partial charge < -0.3 is 5.32 Å². The van der Waals surface area contributed by atoms with E-state index in [2.05, 4.69) is 10.3 Å². The normalized spacial score (nSPS) is 17.6. The summed E-state index contributed by atoms with van der Waals surface area (Å²) in [5, 5.41) is 4.52. The number of hydrogen-bond acceptors (Lipinski definition) is 4. The van der Waals surface area contributed by atoms with E-state index < -0.39 is 39.2 Å². The molecule has 0 radical (unpaired) electrons. The number of fused-ring (bicyclic) bond motifs is 1. The molecule has 2 aliphatic rings. The van der Waals surface area contributed by atoms with Gasteiger partial charge in [0.1, 0.15) is 0 Å². The van der Waals surface area contributed by atoms with Crippen molar-refractivity contribution in [2.24, 2.45) is 4.99 Å². The highest BCUT2D eigenvalue weighted by atomic mass is 35.5. The number of benzene rings is 3. The van der Waals surface area contributed by atoms with Gasteiger partial charge in [0.15, 0.2) is 0 Å². The fraction of sp³-hybridized carbons (Fsp3) is 0.241. The number of sulfonamides is 1. The molecule has 0 aromatic heterocycles. The molecule has 43 heavy (non-hydrogen) atoms. The number of nitrogens with one attached hydrogen (secondary N) is 1. The van der Waals surface area contributed by atoms with Gasteiger partial charge in [-0.2, -0.15) is 30.6 Å². The van der Waals surface area contributed by atoms with E-state index >= 15 is 0 Å². The molecule has 0 aliphatic carbocycles. The van der Waals surface area contributed by atoms with E-state index in [-0.39, 0.29) is 25.9 Å². The van der Waals surface area contributed by atoms with Gasteiger partial charge in [0.2, 0.25) is 0 Å². The average Bonchev–Trinajstić information content (AvgIpc) is 2.94. The number of carbonyl (C=O) groups excluding carboxylic acids is 1. The maximum Gasteiger partial charge on any atom is 0.511 e. The lowest BCUT2D eigenvalue weighted by molar-refractivity contribution is -0.137. The van der Waals surface area contributed by atoms with Crippen LogP contribution in [0.2, 0.25) is 5.02 Å². The predicted molar refractivity (Wildman–Crippen MR) is 147 cm³/mol. The Balaban J connectivity index is 1.53. The summed E-state index contributed by atoms with van der Waals surface area (Å²) in [7, 11) is -5.45. The molecular weight excluding hydrogens is 620 g/mol. The van der Waals surface area contributed by atoms with Crippen LogP contribution in [-0.2, 0) is 21.0 Å². The summed E-state index contributed by atoms with van der Waals surface area (Å²) < 4.78 is 103. The molecule has 2 heterocycles. The van der Waals surface area contributed by atoms with Crippen LogP contribution < -0.4 is 15.9 Å². The first kappa shape index (κ1) is 30.8. The molecule has 0 atom stereocenters. The Kier molecular flexibility index (Phi) is 8.18. The van der Waals surface area contributed by atoms with Crippen LogP contribution in [0.1, 0.15) is 35.1 Å². The summed E-state index contributed by atoms with van der Waals surface area (Å²) in [5.74, 6) is -0.565. The molecule has 0 bridgehead atoms. The minimum absolute atomic E-state index is 0.0563. The van der Waals surface area contributed by atoms with Crippen molar-refractivity contribution in [2.45, 2.75) is 30.6 Å². The molecule has 0 saturated carbocycles. The summed E-state index contributed by atoms with van der Waals surface area (Å²) in [6.45, 7) is -0.721. The molecular formula is C29H22ClF6N3O3S. The Hall–Kier alpha value is -3.68. The van der Waals surface area contributed by atoms with Crippen molar-refractivity contribution in [1.82, 2.24) is 9.62 Å². The third kappa shape index (κ3) is 6.48. The minimum Gasteiger partial charge on any atom is -0.382 e. The molecule has 2 aliphatic heterocycles. The molecule has 6 nitrogen and oxygen atoms in total. The molecule has 14 heteroatoms. The van der Waals surface area contributed by atoms with Crippen LogP contribution in [0, 0.1) is 0 Å². The van der Waals surface area contributed by atoms with Crippen molar-refractivity contribution < 1.29 is 39.6 Å². The highest BCUT2D eigenvalue weighted by Gasteiger charge is 2.50. The number of alkyl halides is 6. The van der Waals surface area contributed by atoms with Crippen molar-refractivity contribution in [3.05, 3.63) is 111 Å². The fourth-order valence-electron chi connectivity index (χ4n) is 5.03. The smallest absolute Gasteiger partial charge is 0.382 e. The summed E-state index contributed by atoms with van der Waals surface area (Å²) in [6, 6.07) is 16.0. The lowest BCUT2D eigenvalue weighted by atomic mass is 9.93. The zero-order valence-electron chi connectivity index (χ0n) is 22.0. The third-order valence-electron chi connectivity index (χ3n) is 7.15. The maximum atomic E-state index is 13.2. The van der Waals surface area contributed by atoms with Crippen LogP contribution in [-0.4, -0.2) is 43.3 Å². The lowest BCUT2D eigenvalue weighted by Crippen LogP contribution is -2.48. The Morgan fingerprint density at radius 2 is 1.47 bits per heavy atom. The van der Waals surface area contributed by atoms with Crippen molar-refractivity contribution in [3.63, 3.8) is 0 Å². The highest BCUT2D eigenvalue weighted by molar-refractivity contribution is 7.90. The topological polar surface area (TPSA) is 78.8 Å². The zero-order chi connectivity index (χ0) is 31.2. The average molecular weight is 642 g/mol. The molecule has 0 spiro atoms. The number of nitrogens with zero attached hydrogens (tertiary/aromatic N) is 2. The zero-order valence-corrected chi connectivity index (χ0v) is 23.6. The van der Waals surface area contributed by atoms with Crippen molar-refractivity contribution >= 4 is 38.8 Å². The van der Waals surface area contributed by atoms with E-state index in [1.165, 1.54) is 18.2 Å². The summed E-state index contributed by atoms with van der Waals surface area (Å²) in [4.78, 5) is 16.4. The van der Waals surface area contributed by atoms with Crippen LogP contribution in [0.3, 0.4) is 0 Å². The van der Waals surface area contributed by atoms with Gasteiger partial charge in [-0.25, -0.2) is 13.4 Å². The SMILES string of the molecule is O=C1C=C(NC2CCN(S(=O)(=O)C(F)(F)F)CC2)c2c/c(=C(\c3ccc(Cl)cc3)c3ccc(C(F)(F)F)cc3)ccc2=N1. The van der Waals surface area contributed by atoms with E-state index in [9.17, 15) is 39.6 Å². The molecule has 1 fully saturated rings. The predicted octanol–water partition coefficient (Wildman–Crippen LogP) is 5.01. The third-order valence-corrected chi connectivity index (χ3v) is 9.04. The van der Waals surface area contributed by atoms with Crippen molar-refractivity contribution in [2.75, 3.05) is 13.1 Å². The first-order chi connectivity index (χ1) is 20.1.